The van der Waals surface area contributed by atoms with E-state index in [1.807, 2.05) is 30.3 Å². The fourth-order valence-corrected chi connectivity index (χ4v) is 6.17. The first-order chi connectivity index (χ1) is 18.2. The second-order valence-corrected chi connectivity index (χ2v) is 11.0. The quantitative estimate of drug-likeness (QED) is 0.425. The molecule has 4 N–H and O–H groups in total. The zero-order valence-electron chi connectivity index (χ0n) is 21.7. The largest absolute Gasteiger partial charge is 0.481 e. The third kappa shape index (κ3) is 6.54. The molecule has 1 heterocycles. The van der Waals surface area contributed by atoms with Gasteiger partial charge in [-0.1, -0.05) is 48.0 Å². The third-order valence-corrected chi connectivity index (χ3v) is 8.04. The van der Waals surface area contributed by atoms with Crippen LogP contribution in [-0.4, -0.2) is 66.2 Å². The lowest BCUT2D eigenvalue weighted by molar-refractivity contribution is -0.147. The molecular weight excluding hydrogens is 506 g/mol. The van der Waals surface area contributed by atoms with Gasteiger partial charge in [0.1, 0.15) is 6.04 Å². The second-order valence-electron chi connectivity index (χ2n) is 10.5. The van der Waals surface area contributed by atoms with Gasteiger partial charge in [0.15, 0.2) is 0 Å². The molecule has 4 rings (SSSR count). The number of piperidine rings is 1. The van der Waals surface area contributed by atoms with Crippen molar-refractivity contribution >= 4 is 29.4 Å². The Morgan fingerprint density at radius 3 is 2.66 bits per heavy atom. The topological polar surface area (TPSA) is 122 Å². The monoisotopic (exact) mass is 541 g/mol. The number of ether oxygens (including phenoxy) is 1. The molecule has 4 atom stereocenters. The molecule has 0 aromatic heterocycles. The number of carbonyl (C=O) groups is 3. The smallest absolute Gasteiger partial charge is 0.304 e. The maximum atomic E-state index is 14.0. The number of rotatable bonds is 10. The molecule has 0 spiro atoms. The Morgan fingerprint density at radius 2 is 1.95 bits per heavy atom. The summed E-state index contributed by atoms with van der Waals surface area (Å²) in [5.41, 5.74) is 8.49. The number of aliphatic carboxylic acids is 1. The fourth-order valence-electron chi connectivity index (χ4n) is 6.05. The summed E-state index contributed by atoms with van der Waals surface area (Å²) in [5, 5.41) is 13.5. The molecule has 1 aliphatic carbocycles. The number of likely N-dealkylation sites (tertiary alicyclic amines) is 1. The molecule has 204 valence electrons. The van der Waals surface area contributed by atoms with Crippen molar-refractivity contribution in [3.63, 3.8) is 0 Å². The van der Waals surface area contributed by atoms with Gasteiger partial charge in [-0.25, -0.2) is 0 Å². The van der Waals surface area contributed by atoms with Crippen molar-refractivity contribution in [3.8, 4) is 0 Å². The van der Waals surface area contributed by atoms with Crippen LogP contribution in [0.15, 0.2) is 48.5 Å². The van der Waals surface area contributed by atoms with Gasteiger partial charge >= 0.3 is 5.97 Å². The number of fused-ring (bicyclic) bond motifs is 1. The number of nitrogens with two attached hydrogens (primary N) is 1. The Balaban J connectivity index is 1.61. The molecule has 2 aromatic rings. The highest BCUT2D eigenvalue weighted by Crippen LogP contribution is 2.41. The van der Waals surface area contributed by atoms with Crippen LogP contribution >= 0.6 is 11.6 Å². The minimum Gasteiger partial charge on any atom is -0.481 e. The number of carboxylic acids is 1. The van der Waals surface area contributed by atoms with Crippen molar-refractivity contribution in [2.45, 2.75) is 56.0 Å². The lowest BCUT2D eigenvalue weighted by Gasteiger charge is -2.45. The van der Waals surface area contributed by atoms with Gasteiger partial charge in [-0.15, -0.1) is 0 Å². The number of hydrogen-bond donors (Lipinski definition) is 3. The molecule has 2 amide bonds. The number of carbonyl (C=O) groups excluding carboxylic acids is 2. The lowest BCUT2D eigenvalue weighted by atomic mass is 9.80. The van der Waals surface area contributed by atoms with Gasteiger partial charge in [-0.3, -0.25) is 14.4 Å². The first kappa shape index (κ1) is 28.1. The summed E-state index contributed by atoms with van der Waals surface area (Å²) < 4.78 is 5.07. The number of halogens is 1. The highest BCUT2D eigenvalue weighted by molar-refractivity contribution is 6.30. The zero-order chi connectivity index (χ0) is 27.3. The number of aryl methyl sites for hydroxylation is 1. The van der Waals surface area contributed by atoms with Gasteiger partial charge in [0.05, 0.1) is 24.5 Å². The van der Waals surface area contributed by atoms with Crippen LogP contribution in [0.2, 0.25) is 5.02 Å². The van der Waals surface area contributed by atoms with E-state index in [0.29, 0.717) is 30.8 Å². The van der Waals surface area contributed by atoms with Gasteiger partial charge in [-0.2, -0.15) is 0 Å². The molecule has 0 radical (unpaired) electrons. The van der Waals surface area contributed by atoms with E-state index < -0.39 is 23.5 Å². The van der Waals surface area contributed by atoms with Crippen LogP contribution in [0.5, 0.6) is 0 Å². The third-order valence-electron chi connectivity index (χ3n) is 7.79. The molecule has 0 bridgehead atoms. The first-order valence-corrected chi connectivity index (χ1v) is 13.5. The number of hydrogen-bond acceptors (Lipinski definition) is 5. The van der Waals surface area contributed by atoms with Crippen molar-refractivity contribution in [2.75, 3.05) is 26.8 Å². The van der Waals surface area contributed by atoms with Gasteiger partial charge in [0.2, 0.25) is 11.8 Å². The van der Waals surface area contributed by atoms with Crippen LogP contribution in [-0.2, 0) is 32.0 Å². The lowest BCUT2D eigenvalue weighted by Crippen LogP contribution is -2.64. The number of benzene rings is 2. The van der Waals surface area contributed by atoms with Crippen LogP contribution in [0.4, 0.5) is 0 Å². The summed E-state index contributed by atoms with van der Waals surface area (Å²) in [6.45, 7) is 0.851. The van der Waals surface area contributed by atoms with Gasteiger partial charge < -0.3 is 25.8 Å². The molecule has 1 fully saturated rings. The summed E-state index contributed by atoms with van der Waals surface area (Å²) >= 11 is 6.09. The van der Waals surface area contributed by atoms with Crippen LogP contribution in [0, 0.1) is 5.92 Å². The molecule has 1 aliphatic heterocycles. The predicted octanol–water partition coefficient (Wildman–Crippen LogP) is 3.15. The van der Waals surface area contributed by atoms with Crippen molar-refractivity contribution < 1.29 is 24.2 Å². The van der Waals surface area contributed by atoms with E-state index in [-0.39, 0.29) is 37.3 Å². The van der Waals surface area contributed by atoms with Crippen molar-refractivity contribution in [1.82, 2.24) is 10.2 Å². The van der Waals surface area contributed by atoms with Crippen molar-refractivity contribution in [3.05, 3.63) is 70.2 Å². The molecule has 2 aromatic carbocycles. The Hall–Kier alpha value is -2.94. The van der Waals surface area contributed by atoms with E-state index in [1.54, 1.807) is 17.0 Å². The van der Waals surface area contributed by atoms with Gasteiger partial charge in [0.25, 0.3) is 0 Å². The molecule has 8 nitrogen and oxygen atoms in total. The Labute approximate surface area is 228 Å². The zero-order valence-corrected chi connectivity index (χ0v) is 22.5. The molecule has 9 heteroatoms. The minimum atomic E-state index is -0.990. The molecular formula is C29H36ClN3O5. The fraction of sp³-hybridized carbons (Fsp3) is 0.483. The Bertz CT molecular complexity index is 1160. The van der Waals surface area contributed by atoms with Crippen LogP contribution in [0.3, 0.4) is 0 Å². The van der Waals surface area contributed by atoms with E-state index in [9.17, 15) is 19.5 Å². The molecule has 2 aliphatic rings. The predicted molar refractivity (Wildman–Crippen MR) is 145 cm³/mol. The first-order valence-electron chi connectivity index (χ1n) is 13.1. The molecule has 38 heavy (non-hydrogen) atoms. The van der Waals surface area contributed by atoms with E-state index in [2.05, 4.69) is 11.4 Å². The highest BCUT2D eigenvalue weighted by Gasteiger charge is 2.43. The van der Waals surface area contributed by atoms with E-state index in [4.69, 9.17) is 22.1 Å². The maximum absolute atomic E-state index is 14.0. The second kappa shape index (κ2) is 12.3. The normalized spacial score (nSPS) is 22.4. The van der Waals surface area contributed by atoms with Gasteiger partial charge in [-0.05, 0) is 66.8 Å². The summed E-state index contributed by atoms with van der Waals surface area (Å²) in [6.07, 6.45) is 3.15. The standard InChI is InChI=1S/C29H36ClN3O5/c1-38-17-25(31)27(36)32-29(16-19-7-10-21(30)11-8-19)13-4-14-33(18-29)28(37)24(15-26(34)35)23-12-9-20-5-2-3-6-22(20)23/h2-3,5-8,10-11,23-25H,4,9,12-18,31H2,1H3,(H,32,36)(H,34,35)/t23-,24-,25-,29?/m0/s1. The minimum absolute atomic E-state index is 0.0767. The van der Waals surface area contributed by atoms with Crippen LogP contribution in [0.1, 0.15) is 48.3 Å². The number of nitrogens with one attached hydrogen (secondary N) is 1. The van der Waals surface area contributed by atoms with Crippen molar-refractivity contribution in [1.29, 1.82) is 0 Å². The van der Waals surface area contributed by atoms with E-state index >= 15 is 0 Å². The number of amides is 2. The van der Waals surface area contributed by atoms with E-state index in [1.165, 1.54) is 12.7 Å². The SMILES string of the molecule is COC[C@H](N)C(=O)NC1(Cc2ccc(Cl)cc2)CCCN(C(=O)[C@@H](CC(=O)O)[C@H]2CCc3ccccc32)C1. The Kier molecular flexibility index (Phi) is 9.07. The number of methoxy groups -OCH3 is 1. The number of nitrogens with zero attached hydrogens (tertiary/aromatic N) is 1. The summed E-state index contributed by atoms with van der Waals surface area (Å²) in [6, 6.07) is 14.6. The highest BCUT2D eigenvalue weighted by atomic mass is 35.5. The van der Waals surface area contributed by atoms with E-state index in [0.717, 1.165) is 24.0 Å². The summed E-state index contributed by atoms with van der Waals surface area (Å²) in [7, 11) is 1.49. The summed E-state index contributed by atoms with van der Waals surface area (Å²) in [4.78, 5) is 40.7. The Morgan fingerprint density at radius 1 is 1.21 bits per heavy atom. The van der Waals surface area contributed by atoms with Crippen LogP contribution in [0.25, 0.3) is 0 Å². The van der Waals surface area contributed by atoms with Crippen molar-refractivity contribution in [2.24, 2.45) is 11.7 Å². The van der Waals surface area contributed by atoms with Gasteiger partial charge in [0, 0.05) is 25.2 Å². The molecule has 1 unspecified atom stereocenters. The average Bonchev–Trinajstić information content (AvgIpc) is 3.32. The molecule has 1 saturated heterocycles. The molecule has 0 saturated carbocycles. The summed E-state index contributed by atoms with van der Waals surface area (Å²) in [5.74, 6) is -2.33. The number of carboxylic acid groups (broad SMARTS) is 1. The van der Waals surface area contributed by atoms with Crippen LogP contribution < -0.4 is 11.1 Å². The average molecular weight is 542 g/mol. The maximum Gasteiger partial charge on any atom is 0.304 e.